The van der Waals surface area contributed by atoms with Gasteiger partial charge in [0.2, 0.25) is 15.9 Å². The maximum atomic E-state index is 13.0. The Balaban J connectivity index is 2.00. The number of sulfonamides is 1. The molecule has 1 amide bonds. The smallest absolute Gasteiger partial charge is 0.243 e. The highest BCUT2D eigenvalue weighted by Crippen LogP contribution is 2.18. The first-order chi connectivity index (χ1) is 11.4. The lowest BCUT2D eigenvalue weighted by Gasteiger charge is -2.22. The van der Waals surface area contributed by atoms with Crippen molar-refractivity contribution >= 4 is 27.7 Å². The summed E-state index contributed by atoms with van der Waals surface area (Å²) in [7, 11) is -3.66. The number of hydrogen-bond donors (Lipinski definition) is 0. The third kappa shape index (κ3) is 4.81. The topological polar surface area (TPSA) is 57.7 Å². The second-order valence-electron chi connectivity index (χ2n) is 5.40. The zero-order chi connectivity index (χ0) is 17.6. The zero-order valence-corrected chi connectivity index (χ0v) is 15.0. The lowest BCUT2D eigenvalue weighted by atomic mass is 10.4. The normalized spacial score (nSPS) is 16.6. The van der Waals surface area contributed by atoms with Crippen molar-refractivity contribution in [1.29, 1.82) is 0 Å². The van der Waals surface area contributed by atoms with Crippen LogP contribution in [0.4, 0.5) is 4.39 Å². The predicted molar refractivity (Wildman–Crippen MR) is 93.9 cm³/mol. The monoisotopic (exact) mass is 372 g/mol. The van der Waals surface area contributed by atoms with E-state index < -0.39 is 15.8 Å². The first-order valence-electron chi connectivity index (χ1n) is 7.67. The molecular weight excluding hydrogens is 351 g/mol. The minimum Gasteiger partial charge on any atom is -0.341 e. The molecule has 0 radical (unpaired) electrons. The highest BCUT2D eigenvalue weighted by atomic mass is 32.2. The van der Waals surface area contributed by atoms with E-state index >= 15 is 0 Å². The molecule has 0 N–H and O–H groups in total. The van der Waals surface area contributed by atoms with Crippen LogP contribution in [0, 0.1) is 5.82 Å². The Labute approximate surface area is 146 Å². The van der Waals surface area contributed by atoms with Gasteiger partial charge in [-0.1, -0.05) is 6.08 Å². The van der Waals surface area contributed by atoms with Gasteiger partial charge in [0.25, 0.3) is 0 Å². The Morgan fingerprint density at radius 1 is 1.21 bits per heavy atom. The Morgan fingerprint density at radius 3 is 2.58 bits per heavy atom. The average Bonchev–Trinajstić information content (AvgIpc) is 2.82. The maximum absolute atomic E-state index is 13.0. The van der Waals surface area contributed by atoms with E-state index in [0.29, 0.717) is 37.6 Å². The summed E-state index contributed by atoms with van der Waals surface area (Å²) in [4.78, 5) is 13.9. The van der Waals surface area contributed by atoms with E-state index in [9.17, 15) is 17.6 Å². The molecule has 1 fully saturated rings. The SMILES string of the molecule is C=CCSCC(=O)N1CCCN(S(=O)(=O)c2ccc(F)cc2)CC1. The summed E-state index contributed by atoms with van der Waals surface area (Å²) in [6.45, 7) is 5.13. The van der Waals surface area contributed by atoms with Crippen molar-refractivity contribution in [1.82, 2.24) is 9.21 Å². The molecule has 1 aromatic carbocycles. The van der Waals surface area contributed by atoms with Crippen LogP contribution in [0.1, 0.15) is 6.42 Å². The third-order valence-corrected chi connectivity index (χ3v) is 6.56. The summed E-state index contributed by atoms with van der Waals surface area (Å²) in [5.74, 6) is 0.628. The van der Waals surface area contributed by atoms with Gasteiger partial charge in [-0.15, -0.1) is 18.3 Å². The molecule has 5 nitrogen and oxygen atoms in total. The minimum absolute atomic E-state index is 0.0166. The fourth-order valence-corrected chi connectivity index (χ4v) is 4.57. The van der Waals surface area contributed by atoms with E-state index in [-0.39, 0.29) is 17.3 Å². The Bertz CT molecular complexity index is 677. The highest BCUT2D eigenvalue weighted by molar-refractivity contribution is 8.00. The number of carbonyl (C=O) groups excluding carboxylic acids is 1. The molecule has 0 saturated carbocycles. The van der Waals surface area contributed by atoms with Crippen molar-refractivity contribution in [2.75, 3.05) is 37.7 Å². The van der Waals surface area contributed by atoms with Crippen LogP contribution in [0.25, 0.3) is 0 Å². The quantitative estimate of drug-likeness (QED) is 0.566. The van der Waals surface area contributed by atoms with Gasteiger partial charge in [0.1, 0.15) is 5.82 Å². The third-order valence-electron chi connectivity index (χ3n) is 3.72. The van der Waals surface area contributed by atoms with Gasteiger partial charge in [0.15, 0.2) is 0 Å². The van der Waals surface area contributed by atoms with Gasteiger partial charge in [-0.3, -0.25) is 4.79 Å². The molecule has 1 aromatic rings. The molecule has 0 aromatic heterocycles. The first kappa shape index (κ1) is 19.0. The Kier molecular flexibility index (Phi) is 6.82. The van der Waals surface area contributed by atoms with E-state index in [2.05, 4.69) is 6.58 Å². The van der Waals surface area contributed by atoms with Gasteiger partial charge in [0, 0.05) is 31.9 Å². The average molecular weight is 372 g/mol. The number of hydrogen-bond acceptors (Lipinski definition) is 4. The second kappa shape index (κ2) is 8.64. The summed E-state index contributed by atoms with van der Waals surface area (Å²) in [6.07, 6.45) is 2.33. The number of benzene rings is 1. The lowest BCUT2D eigenvalue weighted by Crippen LogP contribution is -2.38. The number of amides is 1. The summed E-state index contributed by atoms with van der Waals surface area (Å²) in [5.41, 5.74) is 0. The van der Waals surface area contributed by atoms with E-state index in [1.807, 2.05) is 0 Å². The van der Waals surface area contributed by atoms with Crippen molar-refractivity contribution in [3.63, 3.8) is 0 Å². The van der Waals surface area contributed by atoms with Gasteiger partial charge in [-0.2, -0.15) is 4.31 Å². The van der Waals surface area contributed by atoms with Crippen LogP contribution in [-0.4, -0.2) is 61.2 Å². The van der Waals surface area contributed by atoms with E-state index in [1.165, 1.54) is 28.2 Å². The van der Waals surface area contributed by atoms with E-state index in [4.69, 9.17) is 0 Å². The predicted octanol–water partition coefficient (Wildman–Crippen LogP) is 1.97. The van der Waals surface area contributed by atoms with E-state index in [0.717, 1.165) is 12.1 Å². The molecule has 0 atom stereocenters. The number of halogens is 1. The summed E-state index contributed by atoms with van der Waals surface area (Å²) in [5, 5.41) is 0. The fourth-order valence-electron chi connectivity index (χ4n) is 2.46. The van der Waals surface area contributed by atoms with Gasteiger partial charge < -0.3 is 4.90 Å². The molecule has 1 saturated heterocycles. The number of carbonyl (C=O) groups is 1. The molecule has 0 spiro atoms. The van der Waals surface area contributed by atoms with Crippen LogP contribution in [-0.2, 0) is 14.8 Å². The van der Waals surface area contributed by atoms with Crippen LogP contribution in [0.2, 0.25) is 0 Å². The molecule has 1 heterocycles. The fraction of sp³-hybridized carbons (Fsp3) is 0.438. The number of nitrogens with zero attached hydrogens (tertiary/aromatic N) is 2. The second-order valence-corrected chi connectivity index (χ2v) is 8.36. The van der Waals surface area contributed by atoms with Crippen molar-refractivity contribution in [3.8, 4) is 0 Å². The standard InChI is InChI=1S/C16H21FN2O3S2/c1-2-12-23-13-16(20)18-8-3-9-19(11-10-18)24(21,22)15-6-4-14(17)5-7-15/h2,4-7H,1,3,8-13H2. The molecule has 0 unspecified atom stereocenters. The summed E-state index contributed by atoms with van der Waals surface area (Å²) in [6, 6.07) is 4.81. The maximum Gasteiger partial charge on any atom is 0.243 e. The molecule has 1 aliphatic rings. The molecule has 24 heavy (non-hydrogen) atoms. The summed E-state index contributed by atoms with van der Waals surface area (Å²) < 4.78 is 39.6. The molecule has 0 aliphatic carbocycles. The number of thioether (sulfide) groups is 1. The van der Waals surface area contributed by atoms with Gasteiger partial charge in [-0.25, -0.2) is 12.8 Å². The Morgan fingerprint density at radius 2 is 1.92 bits per heavy atom. The minimum atomic E-state index is -3.66. The largest absolute Gasteiger partial charge is 0.341 e. The van der Waals surface area contributed by atoms with Crippen LogP contribution in [0.5, 0.6) is 0 Å². The Hall–Kier alpha value is -1.38. The van der Waals surface area contributed by atoms with Gasteiger partial charge in [0.05, 0.1) is 10.6 Å². The lowest BCUT2D eigenvalue weighted by molar-refractivity contribution is -0.128. The molecule has 8 heteroatoms. The number of rotatable bonds is 6. The van der Waals surface area contributed by atoms with Crippen molar-refractivity contribution < 1.29 is 17.6 Å². The molecule has 132 valence electrons. The van der Waals surface area contributed by atoms with Gasteiger partial charge in [-0.05, 0) is 30.7 Å². The van der Waals surface area contributed by atoms with Crippen LogP contribution >= 0.6 is 11.8 Å². The molecule has 0 bridgehead atoms. The zero-order valence-electron chi connectivity index (χ0n) is 13.4. The summed E-state index contributed by atoms with van der Waals surface area (Å²) >= 11 is 1.49. The van der Waals surface area contributed by atoms with Crippen molar-refractivity contribution in [2.24, 2.45) is 0 Å². The highest BCUT2D eigenvalue weighted by Gasteiger charge is 2.28. The van der Waals surface area contributed by atoms with Crippen molar-refractivity contribution in [2.45, 2.75) is 11.3 Å². The van der Waals surface area contributed by atoms with Crippen LogP contribution < -0.4 is 0 Å². The first-order valence-corrected chi connectivity index (χ1v) is 10.3. The molecule has 2 rings (SSSR count). The van der Waals surface area contributed by atoms with Crippen LogP contribution in [0.3, 0.4) is 0 Å². The van der Waals surface area contributed by atoms with Gasteiger partial charge >= 0.3 is 0 Å². The van der Waals surface area contributed by atoms with Crippen molar-refractivity contribution in [3.05, 3.63) is 42.7 Å². The van der Waals surface area contributed by atoms with Crippen LogP contribution in [0.15, 0.2) is 41.8 Å². The molecule has 1 aliphatic heterocycles. The van der Waals surface area contributed by atoms with E-state index in [1.54, 1.807) is 11.0 Å². The molecular formula is C16H21FN2O3S2.